The number of carbonyl (C=O) groups is 1. The van der Waals surface area contributed by atoms with Crippen molar-refractivity contribution in [3.05, 3.63) is 89.5 Å². The van der Waals surface area contributed by atoms with Crippen molar-refractivity contribution in [1.82, 2.24) is 0 Å². The van der Waals surface area contributed by atoms with Crippen molar-refractivity contribution in [2.45, 2.75) is 12.4 Å². The van der Waals surface area contributed by atoms with Gasteiger partial charge >= 0.3 is 12.4 Å². The van der Waals surface area contributed by atoms with E-state index in [1.165, 1.54) is 48.5 Å². The number of anilines is 3. The van der Waals surface area contributed by atoms with Crippen molar-refractivity contribution in [2.24, 2.45) is 0 Å². The van der Waals surface area contributed by atoms with E-state index in [1.807, 2.05) is 0 Å². The molecule has 30 heavy (non-hydrogen) atoms. The third-order valence-electron chi connectivity index (χ3n) is 4.12. The fourth-order valence-electron chi connectivity index (χ4n) is 2.75. The Labute approximate surface area is 167 Å². The van der Waals surface area contributed by atoms with Crippen LogP contribution in [0.3, 0.4) is 0 Å². The molecule has 156 valence electrons. The second-order valence-corrected chi connectivity index (χ2v) is 6.25. The molecule has 0 radical (unpaired) electrons. The Morgan fingerprint density at radius 1 is 0.700 bits per heavy atom. The maximum atomic E-state index is 13.2. The molecule has 0 saturated heterocycles. The summed E-state index contributed by atoms with van der Waals surface area (Å²) in [6, 6.07) is 14.6. The van der Waals surface area contributed by atoms with Crippen LogP contribution in [0.5, 0.6) is 0 Å². The molecule has 0 saturated carbocycles. The van der Waals surface area contributed by atoms with E-state index in [0.717, 1.165) is 24.3 Å². The summed E-state index contributed by atoms with van der Waals surface area (Å²) in [5, 5.41) is 4.93. The van der Waals surface area contributed by atoms with Gasteiger partial charge in [0.25, 0.3) is 5.91 Å². The molecule has 3 aromatic carbocycles. The lowest BCUT2D eigenvalue weighted by Gasteiger charge is -2.17. The van der Waals surface area contributed by atoms with Crippen molar-refractivity contribution in [3.63, 3.8) is 0 Å². The van der Waals surface area contributed by atoms with E-state index in [-0.39, 0.29) is 22.6 Å². The zero-order valence-corrected chi connectivity index (χ0v) is 15.1. The van der Waals surface area contributed by atoms with Crippen molar-refractivity contribution in [3.8, 4) is 0 Å². The molecule has 3 aromatic rings. The number of hydrogen-bond acceptors (Lipinski definition) is 2. The van der Waals surface area contributed by atoms with E-state index >= 15 is 0 Å². The van der Waals surface area contributed by atoms with Crippen molar-refractivity contribution in [1.29, 1.82) is 0 Å². The number of rotatable bonds is 4. The molecule has 2 N–H and O–H groups in total. The minimum Gasteiger partial charge on any atom is -0.354 e. The van der Waals surface area contributed by atoms with Gasteiger partial charge in [-0.05, 0) is 42.5 Å². The number of hydrogen-bond donors (Lipinski definition) is 2. The SMILES string of the molecule is O=C(Nc1cccc(C(F)(F)F)c1)c1ccccc1Nc1ccccc1C(F)(F)F. The van der Waals surface area contributed by atoms with Gasteiger partial charge in [0.05, 0.1) is 28.1 Å². The van der Waals surface area contributed by atoms with Crippen LogP contribution in [-0.4, -0.2) is 5.91 Å². The monoisotopic (exact) mass is 424 g/mol. The van der Waals surface area contributed by atoms with Crippen LogP contribution in [0.2, 0.25) is 0 Å². The quantitative estimate of drug-likeness (QED) is 0.457. The highest BCUT2D eigenvalue weighted by molar-refractivity contribution is 6.08. The first kappa shape index (κ1) is 21.2. The molecule has 0 aliphatic carbocycles. The number of benzene rings is 3. The van der Waals surface area contributed by atoms with Gasteiger partial charge in [-0.2, -0.15) is 26.3 Å². The minimum absolute atomic E-state index is 0.0353. The minimum atomic E-state index is -4.61. The van der Waals surface area contributed by atoms with Crippen molar-refractivity contribution in [2.75, 3.05) is 10.6 Å². The first-order chi connectivity index (χ1) is 14.1. The second kappa shape index (κ2) is 8.10. The molecule has 3 nitrogen and oxygen atoms in total. The molecule has 9 heteroatoms. The van der Waals surface area contributed by atoms with Crippen LogP contribution in [0.25, 0.3) is 0 Å². The maximum absolute atomic E-state index is 13.2. The predicted octanol–water partition coefficient (Wildman–Crippen LogP) is 6.72. The van der Waals surface area contributed by atoms with E-state index in [4.69, 9.17) is 0 Å². The molecule has 1 amide bonds. The Balaban J connectivity index is 1.89. The fraction of sp³-hybridized carbons (Fsp3) is 0.0952. The number of carbonyl (C=O) groups excluding carboxylic acids is 1. The Bertz CT molecular complexity index is 1060. The largest absolute Gasteiger partial charge is 0.418 e. The molecular weight excluding hydrogens is 410 g/mol. The first-order valence-corrected chi connectivity index (χ1v) is 8.56. The molecule has 0 aliphatic rings. The van der Waals surface area contributed by atoms with Crippen LogP contribution < -0.4 is 10.6 Å². The molecule has 3 rings (SSSR count). The molecule has 0 spiro atoms. The normalized spacial score (nSPS) is 11.8. The standard InChI is InChI=1S/C21H14F6N2O/c22-20(23,24)13-6-5-7-14(12-13)28-19(30)15-8-1-3-10-17(15)29-18-11-4-2-9-16(18)21(25,26)27/h1-12,29H,(H,28,30). The Morgan fingerprint density at radius 2 is 1.33 bits per heavy atom. The van der Waals surface area contributed by atoms with Crippen LogP contribution in [0.4, 0.5) is 43.4 Å². The van der Waals surface area contributed by atoms with Gasteiger partial charge in [-0.25, -0.2) is 0 Å². The topological polar surface area (TPSA) is 41.1 Å². The Kier molecular flexibility index (Phi) is 5.73. The highest BCUT2D eigenvalue weighted by Crippen LogP contribution is 2.36. The molecule has 0 unspecified atom stereocenters. The summed E-state index contributed by atoms with van der Waals surface area (Å²) in [5.74, 6) is -0.776. The molecule has 0 aromatic heterocycles. The summed E-state index contributed by atoms with van der Waals surface area (Å²) in [5.41, 5.74) is -2.18. The van der Waals surface area contributed by atoms with Gasteiger partial charge in [0.15, 0.2) is 0 Å². The lowest BCUT2D eigenvalue weighted by molar-refractivity contribution is -0.138. The molecular formula is C21H14F6N2O. The van der Waals surface area contributed by atoms with Gasteiger partial charge in [0.1, 0.15) is 0 Å². The number of para-hydroxylation sites is 2. The molecule has 0 aliphatic heterocycles. The third kappa shape index (κ3) is 4.91. The fourth-order valence-corrected chi connectivity index (χ4v) is 2.75. The average Bonchev–Trinajstić information content (AvgIpc) is 2.67. The average molecular weight is 424 g/mol. The van der Waals surface area contributed by atoms with E-state index in [0.29, 0.717) is 0 Å². The zero-order chi connectivity index (χ0) is 21.9. The molecule has 0 fully saturated rings. The van der Waals surface area contributed by atoms with Gasteiger partial charge in [0.2, 0.25) is 0 Å². The third-order valence-corrected chi connectivity index (χ3v) is 4.12. The van der Waals surface area contributed by atoms with Gasteiger partial charge < -0.3 is 10.6 Å². The predicted molar refractivity (Wildman–Crippen MR) is 101 cm³/mol. The van der Waals surface area contributed by atoms with Crippen LogP contribution in [0.1, 0.15) is 21.5 Å². The van der Waals surface area contributed by atoms with Crippen molar-refractivity contribution >= 4 is 23.0 Å². The number of amides is 1. The van der Waals surface area contributed by atoms with E-state index in [1.54, 1.807) is 0 Å². The Morgan fingerprint density at radius 3 is 2.00 bits per heavy atom. The highest BCUT2D eigenvalue weighted by Gasteiger charge is 2.33. The van der Waals surface area contributed by atoms with Crippen LogP contribution in [-0.2, 0) is 12.4 Å². The summed E-state index contributed by atoms with van der Waals surface area (Å²) in [6.07, 6.45) is -9.19. The van der Waals surface area contributed by atoms with Gasteiger partial charge in [-0.1, -0.05) is 30.3 Å². The first-order valence-electron chi connectivity index (χ1n) is 8.56. The van der Waals surface area contributed by atoms with E-state index in [9.17, 15) is 31.1 Å². The summed E-state index contributed by atoms with van der Waals surface area (Å²) in [6.45, 7) is 0. The van der Waals surface area contributed by atoms with Gasteiger partial charge in [-0.15, -0.1) is 0 Å². The molecule has 0 heterocycles. The summed E-state index contributed by atoms with van der Waals surface area (Å²) in [4.78, 5) is 12.6. The lowest BCUT2D eigenvalue weighted by Crippen LogP contribution is -2.15. The Hall–Kier alpha value is -3.49. The number of halogens is 6. The summed E-state index contributed by atoms with van der Waals surface area (Å²) in [7, 11) is 0. The smallest absolute Gasteiger partial charge is 0.354 e. The molecule has 0 atom stereocenters. The zero-order valence-electron chi connectivity index (χ0n) is 15.1. The van der Waals surface area contributed by atoms with Gasteiger partial charge in [0, 0.05) is 5.69 Å². The lowest BCUT2D eigenvalue weighted by atomic mass is 10.1. The van der Waals surface area contributed by atoms with Crippen LogP contribution in [0.15, 0.2) is 72.8 Å². The van der Waals surface area contributed by atoms with E-state index < -0.39 is 29.4 Å². The second-order valence-electron chi connectivity index (χ2n) is 6.25. The summed E-state index contributed by atoms with van der Waals surface area (Å²) >= 11 is 0. The molecule has 0 bridgehead atoms. The summed E-state index contributed by atoms with van der Waals surface area (Å²) < 4.78 is 78.2. The van der Waals surface area contributed by atoms with Crippen molar-refractivity contribution < 1.29 is 31.1 Å². The number of alkyl halides is 6. The highest BCUT2D eigenvalue weighted by atomic mass is 19.4. The van der Waals surface area contributed by atoms with Gasteiger partial charge in [-0.3, -0.25) is 4.79 Å². The maximum Gasteiger partial charge on any atom is 0.418 e. The van der Waals surface area contributed by atoms with Crippen LogP contribution >= 0.6 is 0 Å². The number of nitrogens with one attached hydrogen (secondary N) is 2. The van der Waals surface area contributed by atoms with Crippen LogP contribution in [0, 0.1) is 0 Å². The van der Waals surface area contributed by atoms with E-state index in [2.05, 4.69) is 10.6 Å².